The predicted molar refractivity (Wildman–Crippen MR) is 271 cm³/mol. The van der Waals surface area contributed by atoms with Gasteiger partial charge in [-0.2, -0.15) is 0 Å². The summed E-state index contributed by atoms with van der Waals surface area (Å²) in [6.07, 6.45) is -0.355. The number of thiophene rings is 1. The average molecular weight is 835 g/mol. The molecule has 3 heterocycles. The predicted octanol–water partition coefficient (Wildman–Crippen LogP) is 15.3. The van der Waals surface area contributed by atoms with Gasteiger partial charge < -0.3 is 9.88 Å². The standard InChI is InChI=1S/C59H38N4S/c1-3-17-37(18-4-1)43-24-11-12-27-46(43)59-61-57(38-19-5-2-6-20-38)60-58(62-59)42-31-32-51(63-50-29-15-13-26-45(50)48-33-39-21-7-8-22-40(39)35-52(48)63)49(34-42)55-44-25-10-9-23-41(44)36-54-56(55)47-28-14-16-30-53(47)64-54/h1-36,57H,(H,60,61,62). The molecule has 12 aromatic rings. The molecule has 300 valence electrons. The molecule has 1 unspecified atom stereocenters. The van der Waals surface area contributed by atoms with Crippen molar-refractivity contribution in [1.29, 1.82) is 0 Å². The second-order valence-electron chi connectivity index (χ2n) is 16.5. The number of fused-ring (bicyclic) bond motifs is 8. The molecular weight excluding hydrogens is 797 g/mol. The van der Waals surface area contributed by atoms with Gasteiger partial charge in [0.05, 0.1) is 16.7 Å². The van der Waals surface area contributed by atoms with Crippen LogP contribution in [0.4, 0.5) is 0 Å². The monoisotopic (exact) mass is 834 g/mol. The summed E-state index contributed by atoms with van der Waals surface area (Å²) in [7, 11) is 0. The summed E-state index contributed by atoms with van der Waals surface area (Å²) in [5.41, 5.74) is 11.1. The topological polar surface area (TPSA) is 41.7 Å². The fraction of sp³-hybridized carbons (Fsp3) is 0.0169. The maximum Gasteiger partial charge on any atom is 0.159 e. The molecule has 0 radical (unpaired) electrons. The molecule has 0 fully saturated rings. The Kier molecular flexibility index (Phi) is 8.43. The lowest BCUT2D eigenvalue weighted by Crippen LogP contribution is -2.34. The van der Waals surface area contributed by atoms with Gasteiger partial charge in [-0.1, -0.05) is 170 Å². The summed E-state index contributed by atoms with van der Waals surface area (Å²) in [5, 5.41) is 13.6. The van der Waals surface area contributed by atoms with Crippen molar-refractivity contribution in [2.75, 3.05) is 0 Å². The van der Waals surface area contributed by atoms with Crippen molar-refractivity contribution in [3.8, 4) is 27.9 Å². The quantitative estimate of drug-likeness (QED) is 0.178. The Morgan fingerprint density at radius 1 is 0.438 bits per heavy atom. The number of rotatable bonds is 6. The van der Waals surface area contributed by atoms with Crippen LogP contribution in [0.15, 0.2) is 228 Å². The van der Waals surface area contributed by atoms with Gasteiger partial charge in [0.15, 0.2) is 5.84 Å². The highest BCUT2D eigenvalue weighted by atomic mass is 32.1. The van der Waals surface area contributed by atoms with Crippen molar-refractivity contribution < 1.29 is 0 Å². The zero-order valence-corrected chi connectivity index (χ0v) is 35.4. The van der Waals surface area contributed by atoms with Gasteiger partial charge in [0.2, 0.25) is 0 Å². The van der Waals surface area contributed by atoms with Crippen LogP contribution in [0.3, 0.4) is 0 Å². The molecular formula is C59H38N4S. The molecule has 64 heavy (non-hydrogen) atoms. The van der Waals surface area contributed by atoms with E-state index in [9.17, 15) is 0 Å². The molecule has 0 amide bonds. The number of aromatic nitrogens is 1. The maximum atomic E-state index is 5.46. The molecule has 4 nitrogen and oxygen atoms in total. The lowest BCUT2D eigenvalue weighted by Gasteiger charge is -2.25. The maximum absolute atomic E-state index is 5.46. The van der Waals surface area contributed by atoms with E-state index in [-0.39, 0.29) is 6.17 Å². The third kappa shape index (κ3) is 5.89. The second-order valence-corrected chi connectivity index (χ2v) is 17.6. The summed E-state index contributed by atoms with van der Waals surface area (Å²) in [5.74, 6) is 1.47. The Hall–Kier alpha value is -8.12. The van der Waals surface area contributed by atoms with Crippen LogP contribution < -0.4 is 5.32 Å². The first-order valence-corrected chi connectivity index (χ1v) is 22.6. The molecule has 1 N–H and O–H groups in total. The van der Waals surface area contributed by atoms with Gasteiger partial charge in [-0.05, 0) is 86.8 Å². The van der Waals surface area contributed by atoms with Gasteiger partial charge in [0, 0.05) is 53.2 Å². The van der Waals surface area contributed by atoms with E-state index in [0.29, 0.717) is 5.84 Å². The van der Waals surface area contributed by atoms with E-state index in [1.165, 1.54) is 63.6 Å². The molecule has 0 spiro atoms. The Balaban J connectivity index is 1.13. The van der Waals surface area contributed by atoms with Crippen molar-refractivity contribution in [2.24, 2.45) is 9.98 Å². The number of amidine groups is 2. The summed E-state index contributed by atoms with van der Waals surface area (Å²) < 4.78 is 5.02. The van der Waals surface area contributed by atoms with E-state index < -0.39 is 0 Å². The second kappa shape index (κ2) is 14.8. The molecule has 10 aromatic carbocycles. The van der Waals surface area contributed by atoms with Crippen LogP contribution in [0.1, 0.15) is 22.9 Å². The minimum absolute atomic E-state index is 0.355. The molecule has 2 aromatic heterocycles. The number of nitrogens with zero attached hydrogens (tertiary/aromatic N) is 3. The van der Waals surface area contributed by atoms with E-state index >= 15 is 0 Å². The largest absolute Gasteiger partial charge is 0.344 e. The molecule has 1 atom stereocenters. The van der Waals surface area contributed by atoms with Crippen LogP contribution in [0, 0.1) is 0 Å². The van der Waals surface area contributed by atoms with Gasteiger partial charge in [0.25, 0.3) is 0 Å². The van der Waals surface area contributed by atoms with E-state index in [1.54, 1.807) is 0 Å². The Labute approximate surface area is 373 Å². The van der Waals surface area contributed by atoms with Gasteiger partial charge in [-0.15, -0.1) is 11.3 Å². The molecule has 0 saturated heterocycles. The molecule has 0 bridgehead atoms. The first-order chi connectivity index (χ1) is 31.7. The van der Waals surface area contributed by atoms with E-state index in [0.717, 1.165) is 50.4 Å². The number of hydrogen-bond acceptors (Lipinski definition) is 4. The highest BCUT2D eigenvalue weighted by Crippen LogP contribution is 2.47. The van der Waals surface area contributed by atoms with Crippen molar-refractivity contribution in [1.82, 2.24) is 9.88 Å². The van der Waals surface area contributed by atoms with Gasteiger partial charge in [-0.3, -0.25) is 0 Å². The fourth-order valence-electron chi connectivity index (χ4n) is 9.90. The zero-order valence-electron chi connectivity index (χ0n) is 34.6. The minimum Gasteiger partial charge on any atom is -0.344 e. The van der Waals surface area contributed by atoms with Crippen molar-refractivity contribution in [2.45, 2.75) is 6.17 Å². The van der Waals surface area contributed by atoms with Gasteiger partial charge >= 0.3 is 0 Å². The first kappa shape index (κ1) is 36.5. The van der Waals surface area contributed by atoms with Crippen LogP contribution in [0.5, 0.6) is 0 Å². The zero-order chi connectivity index (χ0) is 42.1. The number of benzene rings is 10. The smallest absolute Gasteiger partial charge is 0.159 e. The van der Waals surface area contributed by atoms with Crippen LogP contribution in [0.2, 0.25) is 0 Å². The van der Waals surface area contributed by atoms with Crippen LogP contribution in [-0.4, -0.2) is 16.2 Å². The van der Waals surface area contributed by atoms with Crippen molar-refractivity contribution in [3.05, 3.63) is 235 Å². The number of aliphatic imine (C=N–C) groups is 2. The third-order valence-corrected chi connectivity index (χ3v) is 13.9. The Morgan fingerprint density at radius 2 is 1.09 bits per heavy atom. The van der Waals surface area contributed by atoms with Gasteiger partial charge in [0.1, 0.15) is 12.0 Å². The summed E-state index contributed by atoms with van der Waals surface area (Å²) in [6, 6.07) is 78.8. The number of hydrogen-bond donors (Lipinski definition) is 1. The Morgan fingerprint density at radius 3 is 1.92 bits per heavy atom. The summed E-state index contributed by atoms with van der Waals surface area (Å²) >= 11 is 1.86. The lowest BCUT2D eigenvalue weighted by atomic mass is 9.91. The molecule has 1 aliphatic rings. The number of nitrogens with one attached hydrogen (secondary N) is 1. The van der Waals surface area contributed by atoms with Crippen LogP contribution in [0.25, 0.3) is 91.5 Å². The minimum atomic E-state index is -0.355. The molecule has 13 rings (SSSR count). The highest BCUT2D eigenvalue weighted by molar-refractivity contribution is 7.26. The van der Waals surface area contributed by atoms with Crippen molar-refractivity contribution in [3.63, 3.8) is 0 Å². The molecule has 0 saturated carbocycles. The normalized spacial score (nSPS) is 14.1. The van der Waals surface area contributed by atoms with Crippen LogP contribution in [-0.2, 0) is 0 Å². The van der Waals surface area contributed by atoms with Crippen LogP contribution >= 0.6 is 11.3 Å². The van der Waals surface area contributed by atoms with E-state index in [1.807, 2.05) is 11.3 Å². The third-order valence-electron chi connectivity index (χ3n) is 12.8. The summed E-state index contributed by atoms with van der Waals surface area (Å²) in [6.45, 7) is 0. The van der Waals surface area contributed by atoms with Gasteiger partial charge in [-0.25, -0.2) is 9.98 Å². The lowest BCUT2D eigenvalue weighted by molar-refractivity contribution is 0.674. The van der Waals surface area contributed by atoms with Crippen molar-refractivity contribution >= 4 is 86.5 Å². The molecule has 0 aliphatic carbocycles. The highest BCUT2D eigenvalue weighted by Gasteiger charge is 2.26. The Bertz CT molecular complexity index is 3880. The molecule has 5 heteroatoms. The van der Waals surface area contributed by atoms with E-state index in [2.05, 4.69) is 228 Å². The SMILES string of the molecule is c1ccc(-c2ccccc2C2=NC(c3ccc(-n4c5ccccc5c5cc6ccccc6cc54)c(-c4c5ccccc5cc5sc6ccccc6c45)c3)=NC(c3ccccc3)N2)cc1. The molecule has 1 aliphatic heterocycles. The van der Waals surface area contributed by atoms with E-state index in [4.69, 9.17) is 9.98 Å². The first-order valence-electron chi connectivity index (χ1n) is 21.8. The average Bonchev–Trinajstić information content (AvgIpc) is 3.90. The fourth-order valence-corrected chi connectivity index (χ4v) is 11.1. The summed E-state index contributed by atoms with van der Waals surface area (Å²) in [4.78, 5) is 10.9. The number of para-hydroxylation sites is 1.